The van der Waals surface area contributed by atoms with E-state index in [1.54, 1.807) is 0 Å². The van der Waals surface area contributed by atoms with Gasteiger partial charge in [-0.2, -0.15) is 0 Å². The van der Waals surface area contributed by atoms with Crippen LogP contribution in [0, 0.1) is 0 Å². The maximum Gasteiger partial charge on any atom is 0.160 e. The molecule has 0 spiro atoms. The van der Waals surface area contributed by atoms with Gasteiger partial charge in [0.05, 0.1) is 7.11 Å². The summed E-state index contributed by atoms with van der Waals surface area (Å²) < 4.78 is 4.68. The number of ether oxygens (including phenoxy) is 1. The van der Waals surface area contributed by atoms with Crippen molar-refractivity contribution in [1.29, 1.82) is 0 Å². The predicted octanol–water partition coefficient (Wildman–Crippen LogP) is 1.34. The van der Waals surface area contributed by atoms with Gasteiger partial charge in [-0.05, 0) is 6.08 Å². The molecule has 3 nitrogen and oxygen atoms in total. The number of aliphatic hydroxyl groups is 1. The van der Waals surface area contributed by atoms with Crippen molar-refractivity contribution in [3.63, 3.8) is 0 Å². The van der Waals surface area contributed by atoms with Crippen LogP contribution in [0.15, 0.2) is 36.3 Å². The Kier molecular flexibility index (Phi) is 3.73. The van der Waals surface area contributed by atoms with Crippen LogP contribution in [0.1, 0.15) is 0 Å². The molecule has 60 valence electrons. The Bertz CT molecular complexity index is 213. The molecular formula is C8H10O3. The molecule has 0 radical (unpaired) electrons. The van der Waals surface area contributed by atoms with Crippen LogP contribution in [0.5, 0.6) is 0 Å². The van der Waals surface area contributed by atoms with Gasteiger partial charge in [-0.25, -0.2) is 0 Å². The van der Waals surface area contributed by atoms with E-state index in [1.165, 1.54) is 13.2 Å². The molecule has 0 heterocycles. The molecule has 0 amide bonds. The average Bonchev–Trinajstić information content (AvgIpc) is 1.99. The number of aliphatic hydroxyl groups excluding tert-OH is 1. The van der Waals surface area contributed by atoms with Gasteiger partial charge >= 0.3 is 0 Å². The van der Waals surface area contributed by atoms with Gasteiger partial charge in [0, 0.05) is 5.57 Å². The van der Waals surface area contributed by atoms with E-state index in [2.05, 4.69) is 17.9 Å². The van der Waals surface area contributed by atoms with Gasteiger partial charge in [-0.15, -0.1) is 0 Å². The number of carbonyl (C=O) groups excluding carboxylic acids is 1. The van der Waals surface area contributed by atoms with Gasteiger partial charge in [0.2, 0.25) is 0 Å². The first-order valence-corrected chi connectivity index (χ1v) is 2.89. The third-order valence-corrected chi connectivity index (χ3v) is 0.972. The SMILES string of the molecule is C=C(C=O)/C=C(/OC)C(=C)O. The van der Waals surface area contributed by atoms with Crippen LogP contribution >= 0.6 is 0 Å². The molecule has 0 saturated carbocycles. The van der Waals surface area contributed by atoms with Gasteiger partial charge in [0.15, 0.2) is 5.76 Å². The Morgan fingerprint density at radius 2 is 2.09 bits per heavy atom. The molecule has 0 aromatic rings. The highest BCUT2D eigenvalue weighted by atomic mass is 16.5. The second-order valence-corrected chi connectivity index (χ2v) is 1.85. The fourth-order valence-electron chi connectivity index (χ4n) is 0.462. The summed E-state index contributed by atoms with van der Waals surface area (Å²) in [7, 11) is 1.37. The van der Waals surface area contributed by atoms with Crippen LogP contribution in [0.4, 0.5) is 0 Å². The highest BCUT2D eigenvalue weighted by Crippen LogP contribution is 2.06. The maximum atomic E-state index is 10.1. The fourth-order valence-corrected chi connectivity index (χ4v) is 0.462. The Hall–Kier alpha value is -1.51. The van der Waals surface area contributed by atoms with Crippen molar-refractivity contribution < 1.29 is 14.6 Å². The lowest BCUT2D eigenvalue weighted by atomic mass is 10.3. The Morgan fingerprint density at radius 1 is 1.55 bits per heavy atom. The topological polar surface area (TPSA) is 46.5 Å². The monoisotopic (exact) mass is 154 g/mol. The van der Waals surface area contributed by atoms with E-state index >= 15 is 0 Å². The third-order valence-electron chi connectivity index (χ3n) is 0.972. The van der Waals surface area contributed by atoms with Crippen molar-refractivity contribution in [3.05, 3.63) is 36.3 Å². The molecule has 0 atom stereocenters. The minimum Gasteiger partial charge on any atom is -0.505 e. The number of aldehydes is 1. The number of methoxy groups -OCH3 is 1. The van der Waals surface area contributed by atoms with Crippen molar-refractivity contribution in [2.24, 2.45) is 0 Å². The molecule has 0 aliphatic carbocycles. The van der Waals surface area contributed by atoms with E-state index in [0.717, 1.165) is 0 Å². The molecule has 0 saturated heterocycles. The molecule has 0 unspecified atom stereocenters. The first kappa shape index (κ1) is 9.49. The van der Waals surface area contributed by atoms with Gasteiger partial charge in [0.1, 0.15) is 12.0 Å². The molecule has 0 fully saturated rings. The summed E-state index contributed by atoms with van der Waals surface area (Å²) in [5.41, 5.74) is 0.219. The van der Waals surface area contributed by atoms with Gasteiger partial charge in [-0.3, -0.25) is 4.79 Å². The van der Waals surface area contributed by atoms with Crippen molar-refractivity contribution in [3.8, 4) is 0 Å². The lowest BCUT2D eigenvalue weighted by Crippen LogP contribution is -1.91. The number of hydrogen-bond donors (Lipinski definition) is 1. The Labute approximate surface area is 65.3 Å². The van der Waals surface area contributed by atoms with E-state index in [9.17, 15) is 4.79 Å². The quantitative estimate of drug-likeness (QED) is 0.287. The molecule has 0 aliphatic heterocycles. The molecule has 3 heteroatoms. The fraction of sp³-hybridized carbons (Fsp3) is 0.125. The highest BCUT2D eigenvalue weighted by Gasteiger charge is 1.99. The third kappa shape index (κ3) is 3.25. The molecule has 0 bridgehead atoms. The lowest BCUT2D eigenvalue weighted by Gasteiger charge is -2.01. The summed E-state index contributed by atoms with van der Waals surface area (Å²) in [5, 5.41) is 8.81. The highest BCUT2D eigenvalue weighted by molar-refractivity contribution is 5.76. The summed E-state index contributed by atoms with van der Waals surface area (Å²) in [6.07, 6.45) is 1.86. The normalized spacial score (nSPS) is 10.5. The van der Waals surface area contributed by atoms with Crippen LogP contribution in [-0.2, 0) is 9.53 Å². The number of hydrogen-bond acceptors (Lipinski definition) is 3. The predicted molar refractivity (Wildman–Crippen MR) is 42.1 cm³/mol. The molecule has 0 rings (SSSR count). The van der Waals surface area contributed by atoms with E-state index in [1.807, 2.05) is 0 Å². The molecule has 0 aliphatic rings. The summed E-state index contributed by atoms with van der Waals surface area (Å²) >= 11 is 0. The molecule has 1 N–H and O–H groups in total. The van der Waals surface area contributed by atoms with Gasteiger partial charge in [0.25, 0.3) is 0 Å². The first-order chi connectivity index (χ1) is 5.11. The summed E-state index contributed by atoms with van der Waals surface area (Å²) in [6.45, 7) is 6.59. The van der Waals surface area contributed by atoms with E-state index in [4.69, 9.17) is 5.11 Å². The zero-order valence-electron chi connectivity index (χ0n) is 6.33. The largest absolute Gasteiger partial charge is 0.505 e. The number of carbonyl (C=O) groups is 1. The zero-order chi connectivity index (χ0) is 8.85. The van der Waals surface area contributed by atoms with Crippen LogP contribution in [0.3, 0.4) is 0 Å². The zero-order valence-corrected chi connectivity index (χ0v) is 6.33. The van der Waals surface area contributed by atoms with Crippen molar-refractivity contribution in [2.75, 3.05) is 7.11 Å². The second-order valence-electron chi connectivity index (χ2n) is 1.85. The van der Waals surface area contributed by atoms with Crippen LogP contribution in [0.2, 0.25) is 0 Å². The summed E-state index contributed by atoms with van der Waals surface area (Å²) in [6, 6.07) is 0. The van der Waals surface area contributed by atoms with Crippen molar-refractivity contribution in [2.45, 2.75) is 0 Å². The standard InChI is InChI=1S/C8H10O3/c1-6(5-9)4-8(11-3)7(2)10/h4-5,10H,1-2H2,3H3/b8-4+. The minimum absolute atomic E-state index is 0.141. The van der Waals surface area contributed by atoms with Crippen molar-refractivity contribution in [1.82, 2.24) is 0 Å². The summed E-state index contributed by atoms with van der Waals surface area (Å²) in [4.78, 5) is 10.1. The second kappa shape index (κ2) is 4.33. The van der Waals surface area contributed by atoms with E-state index in [-0.39, 0.29) is 17.1 Å². The minimum atomic E-state index is -0.226. The Morgan fingerprint density at radius 3 is 2.36 bits per heavy atom. The molecule has 0 aromatic carbocycles. The van der Waals surface area contributed by atoms with Gasteiger partial charge in [-0.1, -0.05) is 13.2 Å². The number of allylic oxidation sites excluding steroid dienone is 2. The van der Waals surface area contributed by atoms with Gasteiger partial charge < -0.3 is 9.84 Å². The molecule has 0 aromatic heterocycles. The number of rotatable bonds is 4. The van der Waals surface area contributed by atoms with E-state index in [0.29, 0.717) is 6.29 Å². The van der Waals surface area contributed by atoms with Crippen molar-refractivity contribution >= 4 is 6.29 Å². The van der Waals surface area contributed by atoms with Crippen LogP contribution in [-0.4, -0.2) is 18.5 Å². The molecular weight excluding hydrogens is 144 g/mol. The Balaban J connectivity index is 4.47. The molecule has 11 heavy (non-hydrogen) atoms. The smallest absolute Gasteiger partial charge is 0.160 e. The average molecular weight is 154 g/mol. The lowest BCUT2D eigenvalue weighted by molar-refractivity contribution is -0.104. The van der Waals surface area contributed by atoms with Crippen LogP contribution < -0.4 is 0 Å². The summed E-state index contributed by atoms with van der Waals surface area (Å²) in [5.74, 6) is -0.0856. The first-order valence-electron chi connectivity index (χ1n) is 2.89. The van der Waals surface area contributed by atoms with E-state index < -0.39 is 0 Å². The maximum absolute atomic E-state index is 10.1. The van der Waals surface area contributed by atoms with Crippen LogP contribution in [0.25, 0.3) is 0 Å².